The Kier molecular flexibility index (Phi) is 4.98. The standard InChI is InChI=1S/C16H24BrN5/c1-13(17)12-20-7-9-22(10-8-20)16-18-14(2)11-15(19-16)21-5-3-4-6-21/h11H,1,3-10,12H2,2H3. The fourth-order valence-corrected chi connectivity index (χ4v) is 3.49. The van der Waals surface area contributed by atoms with Crippen LogP contribution in [0.3, 0.4) is 0 Å². The molecule has 1 aromatic rings. The summed E-state index contributed by atoms with van der Waals surface area (Å²) >= 11 is 3.45. The molecule has 3 heterocycles. The van der Waals surface area contributed by atoms with Crippen LogP contribution in [0.4, 0.5) is 11.8 Å². The lowest BCUT2D eigenvalue weighted by Crippen LogP contribution is -2.47. The molecule has 0 aliphatic carbocycles. The second kappa shape index (κ2) is 6.96. The van der Waals surface area contributed by atoms with E-state index in [1.54, 1.807) is 0 Å². The van der Waals surface area contributed by atoms with Gasteiger partial charge >= 0.3 is 0 Å². The highest BCUT2D eigenvalue weighted by Crippen LogP contribution is 2.22. The van der Waals surface area contributed by atoms with Crippen molar-refractivity contribution in [2.24, 2.45) is 0 Å². The molecule has 0 spiro atoms. The van der Waals surface area contributed by atoms with Gasteiger partial charge in [0.05, 0.1) is 0 Å². The van der Waals surface area contributed by atoms with Crippen LogP contribution in [0.25, 0.3) is 0 Å². The third-order valence-corrected chi connectivity index (χ3v) is 4.56. The molecule has 0 aromatic carbocycles. The Bertz CT molecular complexity index is 533. The van der Waals surface area contributed by atoms with Crippen LogP contribution < -0.4 is 9.80 Å². The molecule has 120 valence electrons. The molecule has 2 saturated heterocycles. The summed E-state index contributed by atoms with van der Waals surface area (Å²) in [6.07, 6.45) is 2.54. The molecule has 6 heteroatoms. The topological polar surface area (TPSA) is 35.5 Å². The van der Waals surface area contributed by atoms with Gasteiger partial charge in [-0.3, -0.25) is 4.90 Å². The van der Waals surface area contributed by atoms with E-state index in [0.29, 0.717) is 0 Å². The predicted octanol–water partition coefficient (Wildman–Crippen LogP) is 2.42. The molecular formula is C16H24BrN5. The Morgan fingerprint density at radius 3 is 2.41 bits per heavy atom. The smallest absolute Gasteiger partial charge is 0.227 e. The Hall–Kier alpha value is -1.14. The summed E-state index contributed by atoms with van der Waals surface area (Å²) in [6.45, 7) is 13.2. The van der Waals surface area contributed by atoms with E-state index in [0.717, 1.165) is 67.8 Å². The SMILES string of the molecule is C=C(Br)CN1CCN(c2nc(C)cc(N3CCCC3)n2)CC1. The monoisotopic (exact) mass is 365 g/mol. The quantitative estimate of drug-likeness (QED) is 0.818. The third-order valence-electron chi connectivity index (χ3n) is 4.31. The highest BCUT2D eigenvalue weighted by Gasteiger charge is 2.21. The van der Waals surface area contributed by atoms with E-state index in [4.69, 9.17) is 4.98 Å². The van der Waals surface area contributed by atoms with Crippen molar-refractivity contribution in [1.82, 2.24) is 14.9 Å². The summed E-state index contributed by atoms with van der Waals surface area (Å²) in [5.74, 6) is 1.98. The second-order valence-electron chi connectivity index (χ2n) is 6.14. The molecule has 0 radical (unpaired) electrons. The maximum Gasteiger partial charge on any atom is 0.227 e. The van der Waals surface area contributed by atoms with Crippen LogP contribution >= 0.6 is 15.9 Å². The van der Waals surface area contributed by atoms with Gasteiger partial charge in [0.15, 0.2) is 0 Å². The van der Waals surface area contributed by atoms with E-state index in [1.165, 1.54) is 12.8 Å². The molecule has 0 atom stereocenters. The van der Waals surface area contributed by atoms with Gasteiger partial charge in [-0.1, -0.05) is 22.5 Å². The molecular weight excluding hydrogens is 342 g/mol. The summed E-state index contributed by atoms with van der Waals surface area (Å²) in [7, 11) is 0. The Balaban J connectivity index is 1.68. The first-order chi connectivity index (χ1) is 10.6. The zero-order chi connectivity index (χ0) is 15.5. The number of halogens is 1. The van der Waals surface area contributed by atoms with Gasteiger partial charge in [0.25, 0.3) is 0 Å². The molecule has 0 bridgehead atoms. The molecule has 1 aromatic heterocycles. The Morgan fingerprint density at radius 1 is 1.09 bits per heavy atom. The van der Waals surface area contributed by atoms with Gasteiger partial charge in [0, 0.05) is 62.1 Å². The number of aryl methyl sites for hydroxylation is 1. The van der Waals surface area contributed by atoms with Crippen LogP contribution in [0.1, 0.15) is 18.5 Å². The maximum atomic E-state index is 4.82. The summed E-state index contributed by atoms with van der Waals surface area (Å²) in [5.41, 5.74) is 1.06. The van der Waals surface area contributed by atoms with Crippen molar-refractivity contribution in [3.05, 3.63) is 22.8 Å². The Morgan fingerprint density at radius 2 is 1.77 bits per heavy atom. The van der Waals surface area contributed by atoms with Gasteiger partial charge < -0.3 is 9.80 Å². The molecule has 0 amide bonds. The zero-order valence-corrected chi connectivity index (χ0v) is 14.8. The molecule has 0 saturated carbocycles. The first-order valence-corrected chi connectivity index (χ1v) is 8.82. The van der Waals surface area contributed by atoms with E-state index in [-0.39, 0.29) is 0 Å². The van der Waals surface area contributed by atoms with E-state index in [2.05, 4.69) is 55.2 Å². The van der Waals surface area contributed by atoms with Crippen molar-refractivity contribution in [3.63, 3.8) is 0 Å². The maximum absolute atomic E-state index is 4.82. The summed E-state index contributed by atoms with van der Waals surface area (Å²) in [6, 6.07) is 2.11. The largest absolute Gasteiger partial charge is 0.356 e. The zero-order valence-electron chi connectivity index (χ0n) is 13.3. The van der Waals surface area contributed by atoms with Crippen molar-refractivity contribution >= 4 is 27.7 Å². The first-order valence-electron chi connectivity index (χ1n) is 8.03. The fraction of sp³-hybridized carbons (Fsp3) is 0.625. The van der Waals surface area contributed by atoms with Crippen LogP contribution in [0, 0.1) is 6.92 Å². The number of hydrogen-bond acceptors (Lipinski definition) is 5. The number of piperazine rings is 1. The van der Waals surface area contributed by atoms with Crippen molar-refractivity contribution in [3.8, 4) is 0 Å². The Labute approximate surface area is 141 Å². The van der Waals surface area contributed by atoms with Crippen LogP contribution in [0.2, 0.25) is 0 Å². The molecule has 0 N–H and O–H groups in total. The first kappa shape index (κ1) is 15.7. The lowest BCUT2D eigenvalue weighted by molar-refractivity contribution is 0.281. The second-order valence-corrected chi connectivity index (χ2v) is 7.26. The summed E-state index contributed by atoms with van der Waals surface area (Å²) < 4.78 is 1.05. The van der Waals surface area contributed by atoms with Crippen LogP contribution in [-0.2, 0) is 0 Å². The van der Waals surface area contributed by atoms with Gasteiger partial charge in [-0.2, -0.15) is 4.98 Å². The third kappa shape index (κ3) is 3.79. The molecule has 5 nitrogen and oxygen atoms in total. The minimum absolute atomic E-state index is 0.888. The number of anilines is 2. The number of rotatable bonds is 4. The van der Waals surface area contributed by atoms with E-state index in [1.807, 2.05) is 0 Å². The average molecular weight is 366 g/mol. The number of nitrogens with zero attached hydrogens (tertiary/aromatic N) is 5. The molecule has 3 rings (SSSR count). The summed E-state index contributed by atoms with van der Waals surface area (Å²) in [5, 5.41) is 0. The fourth-order valence-electron chi connectivity index (χ4n) is 3.13. The number of aromatic nitrogens is 2. The predicted molar refractivity (Wildman–Crippen MR) is 94.9 cm³/mol. The average Bonchev–Trinajstić information content (AvgIpc) is 3.01. The normalized spacial score (nSPS) is 19.7. The van der Waals surface area contributed by atoms with Crippen molar-refractivity contribution in [2.75, 3.05) is 55.6 Å². The van der Waals surface area contributed by atoms with Crippen molar-refractivity contribution < 1.29 is 0 Å². The molecule has 22 heavy (non-hydrogen) atoms. The van der Waals surface area contributed by atoms with Crippen molar-refractivity contribution in [2.45, 2.75) is 19.8 Å². The lowest BCUT2D eigenvalue weighted by atomic mass is 10.3. The van der Waals surface area contributed by atoms with Crippen LogP contribution in [0.5, 0.6) is 0 Å². The highest BCUT2D eigenvalue weighted by atomic mass is 79.9. The molecule has 2 aliphatic heterocycles. The van der Waals surface area contributed by atoms with Gasteiger partial charge in [-0.25, -0.2) is 4.98 Å². The van der Waals surface area contributed by atoms with Gasteiger partial charge in [-0.05, 0) is 19.8 Å². The summed E-state index contributed by atoms with van der Waals surface area (Å²) in [4.78, 5) is 16.6. The molecule has 2 aliphatic rings. The number of hydrogen-bond donors (Lipinski definition) is 0. The van der Waals surface area contributed by atoms with E-state index in [9.17, 15) is 0 Å². The highest BCUT2D eigenvalue weighted by molar-refractivity contribution is 9.11. The van der Waals surface area contributed by atoms with Crippen molar-refractivity contribution in [1.29, 1.82) is 0 Å². The lowest BCUT2D eigenvalue weighted by Gasteiger charge is -2.35. The molecule has 2 fully saturated rings. The van der Waals surface area contributed by atoms with E-state index < -0.39 is 0 Å². The van der Waals surface area contributed by atoms with E-state index >= 15 is 0 Å². The minimum Gasteiger partial charge on any atom is -0.356 e. The van der Waals surface area contributed by atoms with Gasteiger partial charge in [-0.15, -0.1) is 0 Å². The van der Waals surface area contributed by atoms with Gasteiger partial charge in [0.1, 0.15) is 5.82 Å². The minimum atomic E-state index is 0.888. The molecule has 0 unspecified atom stereocenters. The van der Waals surface area contributed by atoms with Gasteiger partial charge in [0.2, 0.25) is 5.95 Å². The van der Waals surface area contributed by atoms with Crippen LogP contribution in [0.15, 0.2) is 17.1 Å². The van der Waals surface area contributed by atoms with Crippen LogP contribution in [-0.4, -0.2) is 60.7 Å².